The first-order valence-electron chi connectivity index (χ1n) is 9.02. The third-order valence-corrected chi connectivity index (χ3v) is 4.73. The SMILES string of the molecule is COc1ccc(/C=N/N2C(=O)CN(C)C2c2ccc(OC)c(OC)c2)cc1OC. The Balaban J connectivity index is 1.91. The average molecular weight is 399 g/mol. The van der Waals surface area contributed by atoms with Crippen LogP contribution in [-0.2, 0) is 4.79 Å². The van der Waals surface area contributed by atoms with Crippen molar-refractivity contribution >= 4 is 12.1 Å². The lowest BCUT2D eigenvalue weighted by Gasteiger charge is -2.25. The second-order valence-corrected chi connectivity index (χ2v) is 6.50. The molecule has 0 aliphatic carbocycles. The molecule has 29 heavy (non-hydrogen) atoms. The van der Waals surface area contributed by atoms with Gasteiger partial charge in [0.25, 0.3) is 5.91 Å². The van der Waals surface area contributed by atoms with E-state index in [2.05, 4.69) is 5.10 Å². The quantitative estimate of drug-likeness (QED) is 0.667. The number of carbonyl (C=O) groups excluding carboxylic acids is 1. The Morgan fingerprint density at radius 2 is 1.48 bits per heavy atom. The smallest absolute Gasteiger partial charge is 0.258 e. The molecule has 1 aliphatic heterocycles. The van der Waals surface area contributed by atoms with Crippen LogP contribution in [0, 0.1) is 0 Å². The second kappa shape index (κ2) is 8.83. The normalized spacial score (nSPS) is 17.1. The molecule has 1 saturated heterocycles. The third-order valence-electron chi connectivity index (χ3n) is 4.73. The van der Waals surface area contributed by atoms with Gasteiger partial charge in [-0.3, -0.25) is 9.69 Å². The molecule has 154 valence electrons. The predicted octanol–water partition coefficient (Wildman–Crippen LogP) is 2.53. The number of rotatable bonds is 7. The van der Waals surface area contributed by atoms with Crippen molar-refractivity contribution in [3.63, 3.8) is 0 Å². The van der Waals surface area contributed by atoms with Crippen molar-refractivity contribution in [3.8, 4) is 23.0 Å². The first-order chi connectivity index (χ1) is 14.0. The first-order valence-corrected chi connectivity index (χ1v) is 9.02. The van der Waals surface area contributed by atoms with Gasteiger partial charge >= 0.3 is 0 Å². The third kappa shape index (κ3) is 4.12. The lowest BCUT2D eigenvalue weighted by atomic mass is 10.1. The Hall–Kier alpha value is -3.26. The number of hydrogen-bond acceptors (Lipinski definition) is 7. The zero-order valence-corrected chi connectivity index (χ0v) is 17.2. The van der Waals surface area contributed by atoms with E-state index in [0.29, 0.717) is 23.0 Å². The fraction of sp³-hybridized carbons (Fsp3) is 0.333. The molecule has 0 spiro atoms. The summed E-state index contributed by atoms with van der Waals surface area (Å²) >= 11 is 0. The number of hydrazone groups is 1. The maximum Gasteiger partial charge on any atom is 0.258 e. The summed E-state index contributed by atoms with van der Waals surface area (Å²) in [5.74, 6) is 2.36. The lowest BCUT2D eigenvalue weighted by Crippen LogP contribution is -2.26. The highest BCUT2D eigenvalue weighted by atomic mass is 16.5. The average Bonchev–Trinajstić information content (AvgIpc) is 3.04. The monoisotopic (exact) mass is 399 g/mol. The van der Waals surface area contributed by atoms with Crippen LogP contribution in [0.1, 0.15) is 17.3 Å². The summed E-state index contributed by atoms with van der Waals surface area (Å²) in [6.07, 6.45) is 1.28. The number of hydrogen-bond donors (Lipinski definition) is 0. The van der Waals surface area contributed by atoms with Gasteiger partial charge in [0.05, 0.1) is 41.2 Å². The van der Waals surface area contributed by atoms with E-state index >= 15 is 0 Å². The second-order valence-electron chi connectivity index (χ2n) is 6.50. The molecule has 1 amide bonds. The highest BCUT2D eigenvalue weighted by Crippen LogP contribution is 2.35. The van der Waals surface area contributed by atoms with Crippen LogP contribution in [0.3, 0.4) is 0 Å². The molecule has 2 aromatic carbocycles. The van der Waals surface area contributed by atoms with Crippen LogP contribution in [-0.4, -0.2) is 64.1 Å². The van der Waals surface area contributed by atoms with Crippen LogP contribution in [0.25, 0.3) is 0 Å². The van der Waals surface area contributed by atoms with Gasteiger partial charge in [-0.15, -0.1) is 0 Å². The minimum absolute atomic E-state index is 0.0935. The summed E-state index contributed by atoms with van der Waals surface area (Å²) in [7, 11) is 8.20. The van der Waals surface area contributed by atoms with Gasteiger partial charge in [-0.2, -0.15) is 5.10 Å². The van der Waals surface area contributed by atoms with E-state index in [0.717, 1.165) is 11.1 Å². The Bertz CT molecular complexity index is 915. The minimum Gasteiger partial charge on any atom is -0.493 e. The van der Waals surface area contributed by atoms with E-state index in [-0.39, 0.29) is 18.6 Å². The molecule has 0 bridgehead atoms. The van der Waals surface area contributed by atoms with Crippen molar-refractivity contribution in [2.45, 2.75) is 6.17 Å². The van der Waals surface area contributed by atoms with Crippen LogP contribution in [0.5, 0.6) is 23.0 Å². The first kappa shape index (κ1) is 20.5. The number of amides is 1. The molecule has 3 rings (SSSR count). The Kier molecular flexibility index (Phi) is 6.23. The number of nitrogens with zero attached hydrogens (tertiary/aromatic N) is 3. The molecular weight excluding hydrogens is 374 g/mol. The van der Waals surface area contributed by atoms with Crippen LogP contribution in [0.4, 0.5) is 0 Å². The summed E-state index contributed by atoms with van der Waals surface area (Å²) in [6, 6.07) is 11.0. The van der Waals surface area contributed by atoms with Crippen molar-refractivity contribution in [2.24, 2.45) is 5.10 Å². The maximum absolute atomic E-state index is 12.6. The Morgan fingerprint density at radius 1 is 0.897 bits per heavy atom. The van der Waals surface area contributed by atoms with E-state index in [1.54, 1.807) is 46.8 Å². The van der Waals surface area contributed by atoms with Crippen LogP contribution < -0.4 is 18.9 Å². The summed E-state index contributed by atoms with van der Waals surface area (Å²) in [6.45, 7) is 0.266. The molecule has 1 heterocycles. The lowest BCUT2D eigenvalue weighted by molar-refractivity contribution is -0.128. The summed E-state index contributed by atoms with van der Waals surface area (Å²) in [4.78, 5) is 14.5. The van der Waals surface area contributed by atoms with Crippen LogP contribution >= 0.6 is 0 Å². The fourth-order valence-corrected chi connectivity index (χ4v) is 3.29. The van der Waals surface area contributed by atoms with Crippen molar-refractivity contribution < 1.29 is 23.7 Å². The van der Waals surface area contributed by atoms with E-state index in [9.17, 15) is 4.79 Å². The molecule has 0 N–H and O–H groups in total. The van der Waals surface area contributed by atoms with Crippen LogP contribution in [0.15, 0.2) is 41.5 Å². The fourth-order valence-electron chi connectivity index (χ4n) is 3.29. The van der Waals surface area contributed by atoms with Gasteiger partial charge in [0.1, 0.15) is 6.17 Å². The van der Waals surface area contributed by atoms with Crippen LogP contribution in [0.2, 0.25) is 0 Å². The van der Waals surface area contributed by atoms with Gasteiger partial charge in [0, 0.05) is 0 Å². The maximum atomic E-state index is 12.6. The van der Waals surface area contributed by atoms with E-state index in [4.69, 9.17) is 18.9 Å². The topological polar surface area (TPSA) is 72.8 Å². The summed E-state index contributed by atoms with van der Waals surface area (Å²) in [5.41, 5.74) is 1.66. The summed E-state index contributed by atoms with van der Waals surface area (Å²) in [5, 5.41) is 5.93. The van der Waals surface area contributed by atoms with Gasteiger partial charge in [-0.05, 0) is 48.5 Å². The molecule has 1 fully saturated rings. The van der Waals surface area contributed by atoms with Gasteiger partial charge in [0.15, 0.2) is 23.0 Å². The van der Waals surface area contributed by atoms with Crippen molar-refractivity contribution in [2.75, 3.05) is 42.0 Å². The number of methoxy groups -OCH3 is 4. The number of benzene rings is 2. The Morgan fingerprint density at radius 3 is 2.10 bits per heavy atom. The molecule has 2 aromatic rings. The zero-order valence-electron chi connectivity index (χ0n) is 17.2. The molecule has 0 aromatic heterocycles. The number of ether oxygens (including phenoxy) is 4. The van der Waals surface area contributed by atoms with Gasteiger partial charge in [0.2, 0.25) is 0 Å². The molecule has 0 radical (unpaired) electrons. The number of carbonyl (C=O) groups is 1. The molecule has 1 aliphatic rings. The number of likely N-dealkylation sites (N-methyl/N-ethyl adjacent to an activating group) is 1. The zero-order chi connectivity index (χ0) is 21.0. The molecule has 8 heteroatoms. The van der Waals surface area contributed by atoms with E-state index in [1.807, 2.05) is 36.2 Å². The van der Waals surface area contributed by atoms with Crippen molar-refractivity contribution in [3.05, 3.63) is 47.5 Å². The predicted molar refractivity (Wildman–Crippen MR) is 109 cm³/mol. The molecular formula is C21H25N3O5. The molecule has 1 atom stereocenters. The molecule has 1 unspecified atom stereocenters. The van der Waals surface area contributed by atoms with Gasteiger partial charge < -0.3 is 18.9 Å². The minimum atomic E-state index is -0.348. The van der Waals surface area contributed by atoms with Crippen molar-refractivity contribution in [1.29, 1.82) is 0 Å². The van der Waals surface area contributed by atoms with Crippen molar-refractivity contribution in [1.82, 2.24) is 9.91 Å². The van der Waals surface area contributed by atoms with E-state index in [1.165, 1.54) is 5.01 Å². The summed E-state index contributed by atoms with van der Waals surface area (Å²) < 4.78 is 21.3. The Labute approximate surface area is 170 Å². The highest BCUT2D eigenvalue weighted by Gasteiger charge is 2.37. The van der Waals surface area contributed by atoms with Gasteiger partial charge in [-0.1, -0.05) is 6.07 Å². The molecule has 8 nitrogen and oxygen atoms in total. The van der Waals surface area contributed by atoms with Gasteiger partial charge in [-0.25, -0.2) is 5.01 Å². The highest BCUT2D eigenvalue weighted by molar-refractivity contribution is 5.85. The standard InChI is InChI=1S/C21H25N3O5/c1-23-13-20(25)24(21(23)15-7-9-17(27-3)19(11-15)29-5)22-12-14-6-8-16(26-2)18(10-14)28-4/h6-12,21H,13H2,1-5H3/b22-12+. The molecule has 0 saturated carbocycles. The largest absolute Gasteiger partial charge is 0.493 e. The van der Waals surface area contributed by atoms with E-state index < -0.39 is 0 Å².